The second kappa shape index (κ2) is 8.88. The lowest BCUT2D eigenvalue weighted by molar-refractivity contribution is -0.125. The minimum atomic E-state index is -0.313. The number of aromatic nitrogens is 2. The largest absolute Gasteiger partial charge is 0.355 e. The zero-order chi connectivity index (χ0) is 22.1. The highest BCUT2D eigenvalue weighted by Crippen LogP contribution is 2.40. The van der Waals surface area contributed by atoms with Gasteiger partial charge < -0.3 is 10.3 Å². The van der Waals surface area contributed by atoms with Crippen LogP contribution in [0.25, 0.3) is 0 Å². The van der Waals surface area contributed by atoms with Gasteiger partial charge in [-0.1, -0.05) is 50.1 Å². The molecule has 1 aromatic heterocycles. The summed E-state index contributed by atoms with van der Waals surface area (Å²) < 4.78 is 0. The number of nitrogens with zero attached hydrogens (tertiary/aromatic N) is 3. The number of aromatic amines is 1. The smallest absolute Gasteiger partial charge is 0.240 e. The van der Waals surface area contributed by atoms with Gasteiger partial charge in [-0.3, -0.25) is 19.5 Å². The molecular weight excluding hydrogens is 402 g/mol. The van der Waals surface area contributed by atoms with Crippen molar-refractivity contribution >= 4 is 23.3 Å². The van der Waals surface area contributed by atoms with Gasteiger partial charge in [0.25, 0.3) is 0 Å². The van der Waals surface area contributed by atoms with Gasteiger partial charge >= 0.3 is 0 Å². The summed E-state index contributed by atoms with van der Waals surface area (Å²) in [6, 6.07) is 10.3. The summed E-state index contributed by atoms with van der Waals surface area (Å²) in [5.41, 5.74) is 2.89. The summed E-state index contributed by atoms with van der Waals surface area (Å²) in [5.74, 6) is 1.41. The number of benzene rings is 1. The third-order valence-corrected chi connectivity index (χ3v) is 6.87. The van der Waals surface area contributed by atoms with E-state index in [4.69, 9.17) is 9.98 Å². The molecule has 0 radical (unpaired) electrons. The Balaban J connectivity index is 1.46. The Morgan fingerprint density at radius 1 is 1.22 bits per heavy atom. The fraction of sp³-hybridized carbons (Fsp3) is 0.520. The van der Waals surface area contributed by atoms with Gasteiger partial charge in [0.2, 0.25) is 11.8 Å². The Labute approximate surface area is 188 Å². The Morgan fingerprint density at radius 3 is 2.75 bits per heavy atom. The molecule has 7 nitrogen and oxygen atoms in total. The van der Waals surface area contributed by atoms with E-state index in [0.717, 1.165) is 42.9 Å². The molecule has 2 amide bonds. The molecule has 2 atom stereocenters. The van der Waals surface area contributed by atoms with Crippen molar-refractivity contribution in [2.45, 2.75) is 63.8 Å². The number of rotatable bonds is 7. The summed E-state index contributed by atoms with van der Waals surface area (Å²) >= 11 is 0. The quantitative estimate of drug-likeness (QED) is 0.702. The van der Waals surface area contributed by atoms with Crippen LogP contribution in [-0.4, -0.2) is 46.6 Å². The summed E-state index contributed by atoms with van der Waals surface area (Å²) in [6.07, 6.45) is 6.99. The number of imidazole rings is 1. The Morgan fingerprint density at radius 2 is 2.00 bits per heavy atom. The van der Waals surface area contributed by atoms with E-state index in [1.54, 1.807) is 4.90 Å². The van der Waals surface area contributed by atoms with Crippen molar-refractivity contribution in [2.24, 2.45) is 10.9 Å². The van der Waals surface area contributed by atoms with Crippen LogP contribution in [0.1, 0.15) is 68.4 Å². The lowest BCUT2D eigenvalue weighted by Gasteiger charge is -2.29. The number of hydrogen-bond donors (Lipinski definition) is 2. The van der Waals surface area contributed by atoms with Crippen molar-refractivity contribution in [3.05, 3.63) is 47.4 Å². The lowest BCUT2D eigenvalue weighted by Crippen LogP contribution is -2.48. The third kappa shape index (κ3) is 3.96. The first-order valence-corrected chi connectivity index (χ1v) is 11.9. The van der Waals surface area contributed by atoms with Crippen molar-refractivity contribution in [3.8, 4) is 0 Å². The van der Waals surface area contributed by atoms with E-state index in [9.17, 15) is 9.59 Å². The predicted octanol–water partition coefficient (Wildman–Crippen LogP) is 3.36. The average molecular weight is 434 g/mol. The molecule has 2 N–H and O–H groups in total. The van der Waals surface area contributed by atoms with E-state index in [1.807, 2.05) is 25.1 Å². The van der Waals surface area contributed by atoms with Gasteiger partial charge in [0.05, 0.1) is 17.7 Å². The van der Waals surface area contributed by atoms with E-state index in [0.29, 0.717) is 24.7 Å². The van der Waals surface area contributed by atoms with E-state index in [1.165, 1.54) is 18.4 Å². The number of fused-ring (bicyclic) bond motifs is 3. The minimum absolute atomic E-state index is 0.00786. The van der Waals surface area contributed by atoms with Crippen LogP contribution in [0.15, 0.2) is 35.3 Å². The molecule has 0 bridgehead atoms. The number of carbonyl (C=O) groups is 2. The number of H-pyrrole nitrogens is 1. The number of amides is 2. The molecule has 0 spiro atoms. The first kappa shape index (κ1) is 20.9. The fourth-order valence-electron chi connectivity index (χ4n) is 5.25. The van der Waals surface area contributed by atoms with Crippen LogP contribution in [-0.2, 0) is 16.0 Å². The van der Waals surface area contributed by atoms with Gasteiger partial charge in [-0.2, -0.15) is 0 Å². The number of anilines is 1. The summed E-state index contributed by atoms with van der Waals surface area (Å²) in [7, 11) is 0. The number of carbonyl (C=O) groups excluding carboxylic acids is 2. The molecule has 7 heteroatoms. The topological polar surface area (TPSA) is 90.5 Å². The van der Waals surface area contributed by atoms with Crippen LogP contribution in [0.5, 0.6) is 0 Å². The molecule has 5 rings (SSSR count). The molecule has 32 heavy (non-hydrogen) atoms. The molecule has 168 valence electrons. The normalized spacial score (nSPS) is 22.6. The summed E-state index contributed by atoms with van der Waals surface area (Å²) in [6.45, 7) is 2.63. The Kier molecular flexibility index (Phi) is 5.81. The first-order valence-electron chi connectivity index (χ1n) is 11.9. The zero-order valence-corrected chi connectivity index (χ0v) is 18.6. The van der Waals surface area contributed by atoms with Crippen LogP contribution in [0.4, 0.5) is 5.82 Å². The second-order valence-electron chi connectivity index (χ2n) is 9.22. The van der Waals surface area contributed by atoms with Gasteiger partial charge in [-0.05, 0) is 37.7 Å². The predicted molar refractivity (Wildman–Crippen MR) is 124 cm³/mol. The molecule has 1 fully saturated rings. The fourth-order valence-corrected chi connectivity index (χ4v) is 5.25. The average Bonchev–Trinajstić information content (AvgIpc) is 3.55. The molecule has 1 saturated carbocycles. The van der Waals surface area contributed by atoms with E-state index in [2.05, 4.69) is 22.4 Å². The molecule has 1 unspecified atom stereocenters. The molecule has 0 saturated heterocycles. The molecule has 3 heterocycles. The highest BCUT2D eigenvalue weighted by molar-refractivity contribution is 6.24. The molecule has 2 aromatic rings. The molecule has 2 aliphatic heterocycles. The van der Waals surface area contributed by atoms with E-state index < -0.39 is 0 Å². The number of aliphatic imine (C=N–C) groups is 1. The zero-order valence-electron chi connectivity index (χ0n) is 18.6. The van der Waals surface area contributed by atoms with Crippen LogP contribution in [0.2, 0.25) is 0 Å². The summed E-state index contributed by atoms with van der Waals surface area (Å²) in [5, 5.41) is 2.89. The highest BCUT2D eigenvalue weighted by Gasteiger charge is 2.45. The number of hydrogen-bond acceptors (Lipinski definition) is 4. The van der Waals surface area contributed by atoms with Gasteiger partial charge in [-0.25, -0.2) is 4.98 Å². The maximum absolute atomic E-state index is 13.5. The Hall–Kier alpha value is -2.96. The SMILES string of the molecule is CCCNC(=O)CN1C(=O)C2C[C@@H](Cc3ccccc3)N=C2c2[nH]c(C3CCCC3)nc21. The van der Waals surface area contributed by atoms with Crippen molar-refractivity contribution < 1.29 is 9.59 Å². The van der Waals surface area contributed by atoms with Crippen molar-refractivity contribution in [1.29, 1.82) is 0 Å². The van der Waals surface area contributed by atoms with Gasteiger partial charge in [0.1, 0.15) is 18.1 Å². The molecule has 1 aromatic carbocycles. The monoisotopic (exact) mass is 433 g/mol. The van der Waals surface area contributed by atoms with Crippen LogP contribution in [0.3, 0.4) is 0 Å². The van der Waals surface area contributed by atoms with Gasteiger partial charge in [0.15, 0.2) is 5.82 Å². The minimum Gasteiger partial charge on any atom is -0.355 e. The third-order valence-electron chi connectivity index (χ3n) is 6.87. The van der Waals surface area contributed by atoms with Gasteiger partial charge in [0, 0.05) is 12.5 Å². The first-order chi connectivity index (χ1) is 15.6. The molecule has 1 aliphatic carbocycles. The second-order valence-corrected chi connectivity index (χ2v) is 9.22. The molecule has 3 aliphatic rings. The maximum Gasteiger partial charge on any atom is 0.240 e. The maximum atomic E-state index is 13.5. The summed E-state index contributed by atoms with van der Waals surface area (Å²) in [4.78, 5) is 41.0. The van der Waals surface area contributed by atoms with Crippen molar-refractivity contribution in [3.63, 3.8) is 0 Å². The van der Waals surface area contributed by atoms with Crippen LogP contribution >= 0.6 is 0 Å². The highest BCUT2D eigenvalue weighted by atomic mass is 16.2. The van der Waals surface area contributed by atoms with E-state index in [-0.39, 0.29) is 30.3 Å². The Bertz CT molecular complexity index is 1020. The van der Waals surface area contributed by atoms with Crippen LogP contribution < -0.4 is 10.2 Å². The van der Waals surface area contributed by atoms with Gasteiger partial charge in [-0.15, -0.1) is 0 Å². The lowest BCUT2D eigenvalue weighted by atomic mass is 9.91. The van der Waals surface area contributed by atoms with E-state index >= 15 is 0 Å². The van der Waals surface area contributed by atoms with Crippen molar-refractivity contribution in [1.82, 2.24) is 15.3 Å². The van der Waals surface area contributed by atoms with Crippen LogP contribution in [0, 0.1) is 5.92 Å². The van der Waals surface area contributed by atoms with Crippen molar-refractivity contribution in [2.75, 3.05) is 18.0 Å². The number of nitrogens with one attached hydrogen (secondary N) is 2. The molecular formula is C25H31N5O2. The standard InChI is InChI=1S/C25H31N5O2/c1-2-12-26-20(31)15-30-24-22(28-23(29-24)17-10-6-7-11-17)21-19(25(30)32)14-18(27-21)13-16-8-4-3-5-9-16/h3-5,8-9,17-19H,2,6-7,10-15H2,1H3,(H,26,31)(H,28,29)/t18-,19?/m1/s1.